The fourth-order valence-corrected chi connectivity index (χ4v) is 1.89. The van der Waals surface area contributed by atoms with E-state index in [-0.39, 0.29) is 0 Å². The van der Waals surface area contributed by atoms with Gasteiger partial charge < -0.3 is 14.9 Å². The minimum Gasteiger partial charge on any atom is -0.423 e. The van der Waals surface area contributed by atoms with E-state index < -0.39 is 7.12 Å². The monoisotopic (exact) mass is 209 g/mol. The van der Waals surface area contributed by atoms with E-state index in [0.29, 0.717) is 5.46 Å². The van der Waals surface area contributed by atoms with E-state index in [4.69, 9.17) is 10.0 Å². The predicted molar refractivity (Wildman–Crippen MR) is 57.7 cm³/mol. The first-order valence-electron chi connectivity index (χ1n) is 5.36. The molecule has 1 fully saturated rings. The van der Waals surface area contributed by atoms with E-state index in [0.717, 1.165) is 13.1 Å². The number of aromatic nitrogens is 2. The van der Waals surface area contributed by atoms with Gasteiger partial charge in [-0.05, 0) is 25.9 Å². The van der Waals surface area contributed by atoms with E-state index >= 15 is 0 Å². The molecule has 2 rings (SSSR count). The maximum absolute atomic E-state index is 8.91. The number of likely N-dealkylation sites (tertiary alicyclic amines) is 1. The molecule has 82 valence electrons. The largest absolute Gasteiger partial charge is 0.491 e. The van der Waals surface area contributed by atoms with Crippen molar-refractivity contribution in [2.75, 3.05) is 19.6 Å². The number of hydrogen-bond acceptors (Lipinski definition) is 4. The molecule has 1 aliphatic heterocycles. The molecule has 6 heteroatoms. The van der Waals surface area contributed by atoms with Gasteiger partial charge in [-0.1, -0.05) is 0 Å². The van der Waals surface area contributed by atoms with Crippen LogP contribution >= 0.6 is 0 Å². The molecule has 0 aromatic carbocycles. The first-order valence-corrected chi connectivity index (χ1v) is 5.36. The zero-order valence-corrected chi connectivity index (χ0v) is 8.71. The normalized spacial score (nSPS) is 17.2. The highest BCUT2D eigenvalue weighted by Crippen LogP contribution is 2.06. The van der Waals surface area contributed by atoms with Gasteiger partial charge in [-0.2, -0.15) is 5.10 Å². The standard InChI is InChI=1S/C9H16BN3O2/c14-10(15)9-7-11-13(8-9)6-5-12-3-1-2-4-12/h7-8,14-15H,1-6H2. The maximum Gasteiger partial charge on any atom is 0.491 e. The molecule has 0 aliphatic carbocycles. The summed E-state index contributed by atoms with van der Waals surface area (Å²) in [5.74, 6) is 0. The van der Waals surface area contributed by atoms with Crippen molar-refractivity contribution in [3.63, 3.8) is 0 Å². The summed E-state index contributed by atoms with van der Waals surface area (Å²) in [6, 6.07) is 0. The fraction of sp³-hybridized carbons (Fsp3) is 0.667. The summed E-state index contributed by atoms with van der Waals surface area (Å²) in [5.41, 5.74) is 0.455. The Hall–Kier alpha value is -0.845. The Balaban J connectivity index is 1.82. The Kier molecular flexibility index (Phi) is 3.40. The Bertz CT molecular complexity index is 310. The van der Waals surface area contributed by atoms with Gasteiger partial charge in [0.2, 0.25) is 0 Å². The lowest BCUT2D eigenvalue weighted by atomic mass is 9.83. The highest BCUT2D eigenvalue weighted by atomic mass is 16.4. The molecular formula is C9H16BN3O2. The molecule has 1 aliphatic rings. The molecule has 0 spiro atoms. The number of hydrogen-bond donors (Lipinski definition) is 2. The van der Waals surface area contributed by atoms with Crippen LogP contribution in [0.1, 0.15) is 12.8 Å². The fourth-order valence-electron chi connectivity index (χ4n) is 1.89. The summed E-state index contributed by atoms with van der Waals surface area (Å²) in [4.78, 5) is 2.40. The minimum absolute atomic E-state index is 0.455. The van der Waals surface area contributed by atoms with Crippen LogP contribution in [-0.4, -0.2) is 51.5 Å². The Morgan fingerprint density at radius 2 is 2.00 bits per heavy atom. The smallest absolute Gasteiger partial charge is 0.423 e. The third kappa shape index (κ3) is 2.81. The molecule has 1 saturated heterocycles. The van der Waals surface area contributed by atoms with Crippen molar-refractivity contribution in [1.29, 1.82) is 0 Å². The molecule has 0 radical (unpaired) electrons. The SMILES string of the molecule is OB(O)c1cnn(CCN2CCCC2)c1. The summed E-state index contributed by atoms with van der Waals surface area (Å²) in [5, 5.41) is 21.9. The van der Waals surface area contributed by atoms with Crippen molar-refractivity contribution in [3.8, 4) is 0 Å². The highest BCUT2D eigenvalue weighted by Gasteiger charge is 2.14. The van der Waals surface area contributed by atoms with E-state index in [1.807, 2.05) is 0 Å². The number of rotatable bonds is 4. The van der Waals surface area contributed by atoms with Crippen LogP contribution in [0.25, 0.3) is 0 Å². The van der Waals surface area contributed by atoms with Gasteiger partial charge in [-0.15, -0.1) is 0 Å². The van der Waals surface area contributed by atoms with Crippen molar-refractivity contribution < 1.29 is 10.0 Å². The van der Waals surface area contributed by atoms with E-state index in [2.05, 4.69) is 10.00 Å². The Morgan fingerprint density at radius 3 is 2.60 bits per heavy atom. The second-order valence-electron chi connectivity index (χ2n) is 3.96. The van der Waals surface area contributed by atoms with Crippen LogP contribution in [0.3, 0.4) is 0 Å². The Morgan fingerprint density at radius 1 is 1.27 bits per heavy atom. The van der Waals surface area contributed by atoms with Crippen molar-refractivity contribution in [2.24, 2.45) is 0 Å². The molecule has 0 unspecified atom stereocenters. The van der Waals surface area contributed by atoms with Crippen LogP contribution in [0.2, 0.25) is 0 Å². The highest BCUT2D eigenvalue weighted by molar-refractivity contribution is 6.58. The first-order chi connectivity index (χ1) is 7.25. The quantitative estimate of drug-likeness (QED) is 0.602. The number of nitrogens with zero attached hydrogens (tertiary/aromatic N) is 3. The molecule has 0 saturated carbocycles. The van der Waals surface area contributed by atoms with E-state index in [1.165, 1.54) is 32.1 Å². The van der Waals surface area contributed by atoms with Crippen LogP contribution in [0.15, 0.2) is 12.4 Å². The van der Waals surface area contributed by atoms with Crippen LogP contribution in [0.4, 0.5) is 0 Å². The lowest BCUT2D eigenvalue weighted by molar-refractivity contribution is 0.316. The topological polar surface area (TPSA) is 61.5 Å². The molecular weight excluding hydrogens is 193 g/mol. The molecule has 5 nitrogen and oxygen atoms in total. The third-order valence-corrected chi connectivity index (χ3v) is 2.80. The van der Waals surface area contributed by atoms with Gasteiger partial charge in [0.05, 0.1) is 6.54 Å². The van der Waals surface area contributed by atoms with Crippen molar-refractivity contribution in [3.05, 3.63) is 12.4 Å². The van der Waals surface area contributed by atoms with Gasteiger partial charge in [0, 0.05) is 24.4 Å². The van der Waals surface area contributed by atoms with E-state index in [1.54, 1.807) is 10.9 Å². The molecule has 1 aromatic rings. The van der Waals surface area contributed by atoms with Crippen LogP contribution in [0.5, 0.6) is 0 Å². The minimum atomic E-state index is -1.41. The Labute approximate surface area is 89.5 Å². The summed E-state index contributed by atoms with van der Waals surface area (Å²) in [7, 11) is -1.41. The summed E-state index contributed by atoms with van der Waals surface area (Å²) < 4.78 is 1.76. The average Bonchev–Trinajstić information content (AvgIpc) is 2.86. The molecule has 0 atom stereocenters. The van der Waals surface area contributed by atoms with Gasteiger partial charge in [0.15, 0.2) is 0 Å². The molecule has 2 N–H and O–H groups in total. The molecule has 0 bridgehead atoms. The van der Waals surface area contributed by atoms with E-state index in [9.17, 15) is 0 Å². The zero-order chi connectivity index (χ0) is 10.7. The van der Waals surface area contributed by atoms with Gasteiger partial charge in [0.25, 0.3) is 0 Å². The summed E-state index contributed by atoms with van der Waals surface area (Å²) in [6.45, 7) is 4.16. The predicted octanol–water partition coefficient (Wildman–Crippen LogP) is -1.34. The van der Waals surface area contributed by atoms with Crippen molar-refractivity contribution in [1.82, 2.24) is 14.7 Å². The van der Waals surface area contributed by atoms with Gasteiger partial charge in [-0.25, -0.2) is 0 Å². The van der Waals surface area contributed by atoms with Crippen LogP contribution in [-0.2, 0) is 6.54 Å². The zero-order valence-electron chi connectivity index (χ0n) is 8.71. The second kappa shape index (κ2) is 4.78. The molecule has 0 amide bonds. The lowest BCUT2D eigenvalue weighted by Crippen LogP contribution is -2.29. The molecule has 1 aromatic heterocycles. The summed E-state index contributed by atoms with van der Waals surface area (Å²) in [6.07, 6.45) is 5.76. The molecule has 15 heavy (non-hydrogen) atoms. The average molecular weight is 209 g/mol. The van der Waals surface area contributed by atoms with Crippen LogP contribution < -0.4 is 5.46 Å². The van der Waals surface area contributed by atoms with Gasteiger partial charge in [0.1, 0.15) is 0 Å². The van der Waals surface area contributed by atoms with Gasteiger partial charge in [-0.3, -0.25) is 4.68 Å². The second-order valence-corrected chi connectivity index (χ2v) is 3.96. The molecule has 2 heterocycles. The van der Waals surface area contributed by atoms with Crippen molar-refractivity contribution >= 4 is 12.6 Å². The van der Waals surface area contributed by atoms with Gasteiger partial charge >= 0.3 is 7.12 Å². The first kappa shape index (κ1) is 10.7. The summed E-state index contributed by atoms with van der Waals surface area (Å²) >= 11 is 0. The lowest BCUT2D eigenvalue weighted by Gasteiger charge is -2.13. The van der Waals surface area contributed by atoms with Crippen molar-refractivity contribution in [2.45, 2.75) is 19.4 Å². The third-order valence-electron chi connectivity index (χ3n) is 2.80. The van der Waals surface area contributed by atoms with Crippen LogP contribution in [0, 0.1) is 0 Å². The maximum atomic E-state index is 8.91.